The van der Waals surface area contributed by atoms with Gasteiger partial charge < -0.3 is 15.4 Å². The van der Waals surface area contributed by atoms with Crippen LogP contribution in [0.15, 0.2) is 30.3 Å². The summed E-state index contributed by atoms with van der Waals surface area (Å²) in [5, 5.41) is 13.1. The zero-order chi connectivity index (χ0) is 17.9. The highest BCUT2D eigenvalue weighted by molar-refractivity contribution is 6.02. The van der Waals surface area contributed by atoms with Crippen molar-refractivity contribution < 1.29 is 14.7 Å². The molecule has 2 unspecified atom stereocenters. The predicted molar refractivity (Wildman–Crippen MR) is 93.2 cm³/mol. The van der Waals surface area contributed by atoms with Gasteiger partial charge in [-0.1, -0.05) is 30.3 Å². The van der Waals surface area contributed by atoms with Crippen molar-refractivity contribution in [3.8, 4) is 0 Å². The molecule has 1 aromatic carbocycles. The maximum absolute atomic E-state index is 12.4. The molecule has 0 saturated carbocycles. The lowest BCUT2D eigenvalue weighted by Crippen LogP contribution is -2.34. The second kappa shape index (κ2) is 7.45. The van der Waals surface area contributed by atoms with E-state index in [-0.39, 0.29) is 17.7 Å². The van der Waals surface area contributed by atoms with Crippen molar-refractivity contribution in [2.45, 2.75) is 46.3 Å². The lowest BCUT2D eigenvalue weighted by Gasteiger charge is -2.18. The minimum absolute atomic E-state index is 0.0622. The minimum atomic E-state index is -0.638. The van der Waals surface area contributed by atoms with Gasteiger partial charge in [-0.05, 0) is 45.2 Å². The summed E-state index contributed by atoms with van der Waals surface area (Å²) in [7, 11) is 0. The summed E-state index contributed by atoms with van der Waals surface area (Å²) in [6, 6.07) is 9.14. The number of aryl methyl sites for hydroxylation is 1. The minimum Gasteiger partial charge on any atom is -0.388 e. The number of ketones is 1. The van der Waals surface area contributed by atoms with Gasteiger partial charge in [-0.15, -0.1) is 0 Å². The molecule has 0 spiro atoms. The van der Waals surface area contributed by atoms with Crippen molar-refractivity contribution in [1.29, 1.82) is 0 Å². The van der Waals surface area contributed by atoms with E-state index >= 15 is 0 Å². The molecule has 128 valence electrons. The lowest BCUT2D eigenvalue weighted by molar-refractivity contribution is 0.0911. The topological polar surface area (TPSA) is 82.2 Å². The highest BCUT2D eigenvalue weighted by Gasteiger charge is 2.21. The van der Waals surface area contributed by atoms with Crippen molar-refractivity contribution in [1.82, 2.24) is 10.3 Å². The molecule has 2 rings (SSSR count). The Balaban J connectivity index is 2.04. The number of carbonyl (C=O) groups excluding carboxylic acids is 2. The van der Waals surface area contributed by atoms with Gasteiger partial charge in [-0.3, -0.25) is 9.59 Å². The SMILES string of the molecule is CC(=O)c1c(C)[nH]c(C(=O)NC(C)CC(O)c2ccccc2)c1C. The smallest absolute Gasteiger partial charge is 0.268 e. The summed E-state index contributed by atoms with van der Waals surface area (Å²) >= 11 is 0. The number of hydrogen-bond donors (Lipinski definition) is 3. The summed E-state index contributed by atoms with van der Waals surface area (Å²) in [4.78, 5) is 27.1. The Bertz CT molecular complexity index is 735. The Kier molecular flexibility index (Phi) is 5.57. The number of aromatic nitrogens is 1. The molecule has 2 aromatic rings. The number of aliphatic hydroxyl groups excluding tert-OH is 1. The highest BCUT2D eigenvalue weighted by Crippen LogP contribution is 2.20. The van der Waals surface area contributed by atoms with E-state index in [1.807, 2.05) is 37.3 Å². The number of carbonyl (C=O) groups is 2. The normalized spacial score (nSPS) is 13.4. The maximum Gasteiger partial charge on any atom is 0.268 e. The van der Waals surface area contributed by atoms with E-state index in [0.29, 0.717) is 28.9 Å². The number of hydrogen-bond acceptors (Lipinski definition) is 3. The van der Waals surface area contributed by atoms with Crippen LogP contribution < -0.4 is 5.32 Å². The lowest BCUT2D eigenvalue weighted by atomic mass is 10.0. The van der Waals surface area contributed by atoms with Crippen LogP contribution in [0.5, 0.6) is 0 Å². The van der Waals surface area contributed by atoms with Crippen LogP contribution in [-0.4, -0.2) is 27.8 Å². The second-order valence-electron chi connectivity index (χ2n) is 6.22. The van der Waals surface area contributed by atoms with Crippen LogP contribution in [0, 0.1) is 13.8 Å². The van der Waals surface area contributed by atoms with E-state index in [2.05, 4.69) is 10.3 Å². The van der Waals surface area contributed by atoms with Crippen LogP contribution in [0.3, 0.4) is 0 Å². The van der Waals surface area contributed by atoms with E-state index in [4.69, 9.17) is 0 Å². The summed E-state index contributed by atoms with van der Waals surface area (Å²) in [6.07, 6.45) is -0.227. The van der Waals surface area contributed by atoms with Crippen molar-refractivity contribution >= 4 is 11.7 Å². The number of benzene rings is 1. The van der Waals surface area contributed by atoms with Gasteiger partial charge in [-0.25, -0.2) is 0 Å². The van der Waals surface area contributed by atoms with Gasteiger partial charge in [-0.2, -0.15) is 0 Å². The van der Waals surface area contributed by atoms with Gasteiger partial charge >= 0.3 is 0 Å². The predicted octanol–water partition coefficient (Wildman–Crippen LogP) is 3.08. The number of aromatic amines is 1. The first-order chi connectivity index (χ1) is 11.3. The zero-order valence-electron chi connectivity index (χ0n) is 14.5. The number of nitrogens with one attached hydrogen (secondary N) is 2. The Morgan fingerprint density at radius 1 is 1.21 bits per heavy atom. The average molecular weight is 328 g/mol. The van der Waals surface area contributed by atoms with Crippen LogP contribution in [0.1, 0.15) is 64.0 Å². The van der Waals surface area contributed by atoms with Crippen LogP contribution in [0.4, 0.5) is 0 Å². The molecular weight excluding hydrogens is 304 g/mol. The van der Waals surface area contributed by atoms with Crippen LogP contribution in [-0.2, 0) is 0 Å². The molecule has 1 aromatic heterocycles. The number of aliphatic hydroxyl groups is 1. The summed E-state index contributed by atoms with van der Waals surface area (Å²) < 4.78 is 0. The summed E-state index contributed by atoms with van der Waals surface area (Å²) in [6.45, 7) is 6.88. The van der Waals surface area contributed by atoms with Crippen LogP contribution in [0.2, 0.25) is 0 Å². The van der Waals surface area contributed by atoms with E-state index in [1.54, 1.807) is 13.8 Å². The Labute approximate surface area is 142 Å². The molecule has 0 aliphatic heterocycles. The fraction of sp³-hybridized carbons (Fsp3) is 0.368. The zero-order valence-corrected chi connectivity index (χ0v) is 14.5. The third-order valence-corrected chi connectivity index (χ3v) is 4.16. The first kappa shape index (κ1) is 17.9. The van der Waals surface area contributed by atoms with Crippen molar-refractivity contribution in [3.63, 3.8) is 0 Å². The fourth-order valence-corrected chi connectivity index (χ4v) is 3.01. The Morgan fingerprint density at radius 3 is 2.38 bits per heavy atom. The largest absolute Gasteiger partial charge is 0.388 e. The molecule has 5 heteroatoms. The van der Waals surface area contributed by atoms with Gasteiger partial charge in [0.15, 0.2) is 5.78 Å². The third kappa shape index (κ3) is 3.92. The van der Waals surface area contributed by atoms with Gasteiger partial charge in [0.2, 0.25) is 0 Å². The van der Waals surface area contributed by atoms with Gasteiger partial charge in [0.1, 0.15) is 5.69 Å². The molecule has 0 aliphatic rings. The first-order valence-electron chi connectivity index (χ1n) is 8.05. The first-order valence-corrected chi connectivity index (χ1v) is 8.05. The molecule has 5 nitrogen and oxygen atoms in total. The molecule has 0 bridgehead atoms. The van der Waals surface area contributed by atoms with E-state index in [1.165, 1.54) is 6.92 Å². The molecule has 0 fully saturated rings. The van der Waals surface area contributed by atoms with Crippen molar-refractivity contribution in [2.24, 2.45) is 0 Å². The number of H-pyrrole nitrogens is 1. The number of Topliss-reactive ketones (excluding diaryl/α,β-unsaturated/α-hetero) is 1. The molecule has 24 heavy (non-hydrogen) atoms. The Hall–Kier alpha value is -2.40. The second-order valence-corrected chi connectivity index (χ2v) is 6.22. The molecule has 0 radical (unpaired) electrons. The molecule has 1 heterocycles. The van der Waals surface area contributed by atoms with Gasteiger partial charge in [0.25, 0.3) is 5.91 Å². The van der Waals surface area contributed by atoms with Gasteiger partial charge in [0, 0.05) is 17.3 Å². The van der Waals surface area contributed by atoms with E-state index in [9.17, 15) is 14.7 Å². The number of rotatable bonds is 6. The molecule has 2 atom stereocenters. The molecule has 3 N–H and O–H groups in total. The average Bonchev–Trinajstić information content (AvgIpc) is 2.82. The van der Waals surface area contributed by atoms with E-state index in [0.717, 1.165) is 5.56 Å². The maximum atomic E-state index is 12.4. The Morgan fingerprint density at radius 2 is 1.83 bits per heavy atom. The van der Waals surface area contributed by atoms with Crippen molar-refractivity contribution in [2.75, 3.05) is 0 Å². The van der Waals surface area contributed by atoms with Crippen LogP contribution >= 0.6 is 0 Å². The third-order valence-electron chi connectivity index (χ3n) is 4.16. The standard InChI is InChI=1S/C19H24N2O3/c1-11(10-16(23)15-8-6-5-7-9-15)20-19(24)18-12(2)17(14(4)22)13(3)21-18/h5-9,11,16,21,23H,10H2,1-4H3,(H,20,24). The van der Waals surface area contributed by atoms with Crippen LogP contribution in [0.25, 0.3) is 0 Å². The molecule has 0 aliphatic carbocycles. The summed E-state index contributed by atoms with van der Waals surface area (Å²) in [5.41, 5.74) is 3.15. The monoisotopic (exact) mass is 328 g/mol. The van der Waals surface area contributed by atoms with E-state index < -0.39 is 6.10 Å². The molecule has 0 saturated heterocycles. The highest BCUT2D eigenvalue weighted by atomic mass is 16.3. The molecule has 1 amide bonds. The number of amides is 1. The van der Waals surface area contributed by atoms with Crippen molar-refractivity contribution in [3.05, 3.63) is 58.4 Å². The summed E-state index contributed by atoms with van der Waals surface area (Å²) in [5.74, 6) is -0.330. The molecular formula is C19H24N2O3. The van der Waals surface area contributed by atoms with Gasteiger partial charge in [0.05, 0.1) is 6.10 Å². The quantitative estimate of drug-likeness (QED) is 0.713. The fourth-order valence-electron chi connectivity index (χ4n) is 3.01.